The van der Waals surface area contributed by atoms with Gasteiger partial charge in [0.15, 0.2) is 0 Å². The monoisotopic (exact) mass is 545 g/mol. The highest BCUT2D eigenvalue weighted by molar-refractivity contribution is 5.99. The number of nitrogens with one attached hydrogen (secondary N) is 2. The van der Waals surface area contributed by atoms with E-state index in [2.05, 4.69) is 30.6 Å². The lowest BCUT2D eigenvalue weighted by Gasteiger charge is -2.26. The molecular formula is C29H32FN7O3. The molecule has 10 nitrogen and oxygen atoms in total. The number of halogens is 1. The fraction of sp³-hybridized carbons (Fsp3) is 0.310. The van der Waals surface area contributed by atoms with Crippen molar-refractivity contribution in [1.82, 2.24) is 24.6 Å². The van der Waals surface area contributed by atoms with Crippen LogP contribution in [-0.2, 0) is 11.3 Å². The van der Waals surface area contributed by atoms with Gasteiger partial charge in [-0.25, -0.2) is 9.18 Å². The number of urea groups is 1. The standard InChI is InChI=1S/C29H32FN7O3/c1-20(2)21-13-23(18-31-16-21)34-29(38)35-27-4-3-24(14-26(27)30)40-25-5-6-32-28(15-25)22-17-33-37(19-22)8-7-36-9-11-39-12-10-36/h3-6,13-20H,7-12H2,1-2H3,(H2,34,35,38). The first kappa shape index (κ1) is 27.2. The molecule has 1 fully saturated rings. The number of aromatic nitrogens is 4. The van der Waals surface area contributed by atoms with Gasteiger partial charge in [0.05, 0.1) is 49.2 Å². The zero-order valence-corrected chi connectivity index (χ0v) is 22.5. The molecule has 5 rings (SSSR count). The third-order valence-corrected chi connectivity index (χ3v) is 6.52. The normalized spacial score (nSPS) is 13.8. The summed E-state index contributed by atoms with van der Waals surface area (Å²) in [5.41, 5.74) is 3.10. The number of anilines is 2. The quantitative estimate of drug-likeness (QED) is 0.291. The Labute approximate surface area is 232 Å². The van der Waals surface area contributed by atoms with Gasteiger partial charge in [-0.15, -0.1) is 0 Å². The second-order valence-electron chi connectivity index (χ2n) is 9.81. The third kappa shape index (κ3) is 7.19. The lowest BCUT2D eigenvalue weighted by Crippen LogP contribution is -2.38. The number of nitrogens with zero attached hydrogens (tertiary/aromatic N) is 5. The molecule has 3 aromatic heterocycles. The maximum atomic E-state index is 14.8. The molecule has 0 atom stereocenters. The summed E-state index contributed by atoms with van der Waals surface area (Å²) in [6.45, 7) is 9.16. The smallest absolute Gasteiger partial charge is 0.323 e. The van der Waals surface area contributed by atoms with E-state index in [0.717, 1.165) is 50.5 Å². The lowest BCUT2D eigenvalue weighted by atomic mass is 10.1. The third-order valence-electron chi connectivity index (χ3n) is 6.52. The van der Waals surface area contributed by atoms with Gasteiger partial charge in [-0.05, 0) is 35.7 Å². The molecule has 0 aliphatic carbocycles. The molecule has 208 valence electrons. The van der Waals surface area contributed by atoms with Gasteiger partial charge in [0, 0.05) is 55.9 Å². The average Bonchev–Trinajstić information content (AvgIpc) is 3.43. The van der Waals surface area contributed by atoms with Crippen LogP contribution in [0.25, 0.3) is 11.3 Å². The summed E-state index contributed by atoms with van der Waals surface area (Å²) in [7, 11) is 0. The fourth-order valence-electron chi connectivity index (χ4n) is 4.24. The Morgan fingerprint density at radius 2 is 1.88 bits per heavy atom. The molecule has 40 heavy (non-hydrogen) atoms. The van der Waals surface area contributed by atoms with Crippen LogP contribution in [0.4, 0.5) is 20.6 Å². The summed E-state index contributed by atoms with van der Waals surface area (Å²) in [6, 6.07) is 9.00. The molecule has 0 radical (unpaired) electrons. The maximum Gasteiger partial charge on any atom is 0.323 e. The van der Waals surface area contributed by atoms with Crippen molar-refractivity contribution in [2.45, 2.75) is 26.3 Å². The van der Waals surface area contributed by atoms with E-state index in [1.54, 1.807) is 36.8 Å². The van der Waals surface area contributed by atoms with Crippen LogP contribution in [0.2, 0.25) is 0 Å². The number of rotatable bonds is 9. The molecule has 1 saturated heterocycles. The number of hydrogen-bond donors (Lipinski definition) is 2. The number of amides is 2. The summed E-state index contributed by atoms with van der Waals surface area (Å²) < 4.78 is 28.0. The second kappa shape index (κ2) is 12.7. The molecule has 0 unspecified atom stereocenters. The van der Waals surface area contributed by atoms with E-state index in [-0.39, 0.29) is 17.4 Å². The minimum Gasteiger partial charge on any atom is -0.457 e. The van der Waals surface area contributed by atoms with E-state index < -0.39 is 11.8 Å². The predicted molar refractivity (Wildman–Crippen MR) is 150 cm³/mol. The Kier molecular flexibility index (Phi) is 8.62. The summed E-state index contributed by atoms with van der Waals surface area (Å²) >= 11 is 0. The van der Waals surface area contributed by atoms with Crippen LogP contribution >= 0.6 is 0 Å². The molecule has 2 amide bonds. The van der Waals surface area contributed by atoms with Gasteiger partial charge in [-0.1, -0.05) is 13.8 Å². The summed E-state index contributed by atoms with van der Waals surface area (Å²) in [5, 5.41) is 9.67. The highest BCUT2D eigenvalue weighted by atomic mass is 19.1. The van der Waals surface area contributed by atoms with Crippen molar-refractivity contribution in [3.05, 3.63) is 78.8 Å². The number of pyridine rings is 2. The van der Waals surface area contributed by atoms with Gasteiger partial charge in [0.2, 0.25) is 0 Å². The average molecular weight is 546 g/mol. The van der Waals surface area contributed by atoms with Crippen molar-refractivity contribution >= 4 is 17.4 Å². The highest BCUT2D eigenvalue weighted by Crippen LogP contribution is 2.28. The van der Waals surface area contributed by atoms with Crippen LogP contribution in [0.3, 0.4) is 0 Å². The number of ether oxygens (including phenoxy) is 2. The SMILES string of the molecule is CC(C)c1cncc(NC(=O)Nc2ccc(Oc3ccnc(-c4cnn(CCN5CCOCC5)c4)c3)cc2F)c1. The van der Waals surface area contributed by atoms with E-state index in [9.17, 15) is 9.18 Å². The zero-order valence-electron chi connectivity index (χ0n) is 22.5. The Hall–Kier alpha value is -4.35. The number of morpholine rings is 1. The number of benzene rings is 1. The Balaban J connectivity index is 1.18. The first-order chi connectivity index (χ1) is 19.4. The Morgan fingerprint density at radius 1 is 1.05 bits per heavy atom. The maximum absolute atomic E-state index is 14.8. The second-order valence-corrected chi connectivity index (χ2v) is 9.81. The van der Waals surface area contributed by atoms with Crippen LogP contribution in [0.15, 0.2) is 67.4 Å². The van der Waals surface area contributed by atoms with Crippen LogP contribution in [0, 0.1) is 5.82 Å². The molecule has 4 heterocycles. The summed E-state index contributed by atoms with van der Waals surface area (Å²) in [6.07, 6.45) is 8.64. The van der Waals surface area contributed by atoms with Gasteiger partial charge in [-0.2, -0.15) is 5.10 Å². The van der Waals surface area contributed by atoms with Crippen LogP contribution in [0.1, 0.15) is 25.3 Å². The molecule has 2 N–H and O–H groups in total. The Morgan fingerprint density at radius 3 is 2.67 bits per heavy atom. The lowest BCUT2D eigenvalue weighted by molar-refractivity contribution is 0.0360. The molecule has 4 aromatic rings. The Bertz CT molecular complexity index is 1450. The van der Waals surface area contributed by atoms with Crippen molar-refractivity contribution in [3.63, 3.8) is 0 Å². The van der Waals surface area contributed by atoms with E-state index >= 15 is 0 Å². The van der Waals surface area contributed by atoms with Gasteiger partial charge in [0.25, 0.3) is 0 Å². The zero-order chi connectivity index (χ0) is 27.9. The first-order valence-corrected chi connectivity index (χ1v) is 13.2. The topological polar surface area (TPSA) is 106 Å². The molecule has 0 saturated carbocycles. The minimum atomic E-state index is -0.627. The summed E-state index contributed by atoms with van der Waals surface area (Å²) in [5.74, 6) is 0.427. The van der Waals surface area contributed by atoms with E-state index in [1.807, 2.05) is 30.8 Å². The molecule has 1 aromatic carbocycles. The number of hydrogen-bond acceptors (Lipinski definition) is 7. The summed E-state index contributed by atoms with van der Waals surface area (Å²) in [4.78, 5) is 23.3. The first-order valence-electron chi connectivity index (χ1n) is 13.2. The van der Waals surface area contributed by atoms with Gasteiger partial charge >= 0.3 is 6.03 Å². The van der Waals surface area contributed by atoms with E-state index in [4.69, 9.17) is 9.47 Å². The molecular weight excluding hydrogens is 513 g/mol. The molecule has 0 spiro atoms. The highest BCUT2D eigenvalue weighted by Gasteiger charge is 2.13. The number of carbonyl (C=O) groups excluding carboxylic acids is 1. The van der Waals surface area contributed by atoms with Crippen molar-refractivity contribution in [3.8, 4) is 22.8 Å². The largest absolute Gasteiger partial charge is 0.457 e. The van der Waals surface area contributed by atoms with Crippen molar-refractivity contribution in [2.75, 3.05) is 43.5 Å². The van der Waals surface area contributed by atoms with Crippen molar-refractivity contribution in [1.29, 1.82) is 0 Å². The van der Waals surface area contributed by atoms with Crippen molar-refractivity contribution < 1.29 is 18.7 Å². The van der Waals surface area contributed by atoms with Crippen LogP contribution in [-0.4, -0.2) is 63.5 Å². The molecule has 0 bridgehead atoms. The van der Waals surface area contributed by atoms with Crippen LogP contribution in [0.5, 0.6) is 11.5 Å². The van der Waals surface area contributed by atoms with Crippen molar-refractivity contribution in [2.24, 2.45) is 0 Å². The minimum absolute atomic E-state index is 0.0257. The predicted octanol–water partition coefficient (Wildman–Crippen LogP) is 5.37. The van der Waals surface area contributed by atoms with Gasteiger partial charge < -0.3 is 20.1 Å². The molecule has 11 heteroatoms. The molecule has 1 aliphatic heterocycles. The van der Waals surface area contributed by atoms with Crippen LogP contribution < -0.4 is 15.4 Å². The van der Waals surface area contributed by atoms with Gasteiger partial charge in [-0.3, -0.25) is 19.5 Å². The fourth-order valence-corrected chi connectivity index (χ4v) is 4.24. The number of carbonyl (C=O) groups is 1. The van der Waals surface area contributed by atoms with Gasteiger partial charge in [0.1, 0.15) is 17.3 Å². The molecule has 1 aliphatic rings. The van der Waals surface area contributed by atoms with E-state index in [1.165, 1.54) is 18.3 Å². The van der Waals surface area contributed by atoms with E-state index in [0.29, 0.717) is 17.1 Å².